The SMILES string of the molecule is CCn1nc2c(c1N)CN(C(C)=O)C2(C)C. The molecular weight excluding hydrogens is 204 g/mol. The summed E-state index contributed by atoms with van der Waals surface area (Å²) in [6.07, 6.45) is 0. The van der Waals surface area contributed by atoms with Gasteiger partial charge in [-0.3, -0.25) is 4.79 Å². The third kappa shape index (κ3) is 1.24. The average molecular weight is 222 g/mol. The fourth-order valence-corrected chi connectivity index (χ4v) is 2.39. The van der Waals surface area contributed by atoms with Gasteiger partial charge in [0.1, 0.15) is 5.82 Å². The van der Waals surface area contributed by atoms with Gasteiger partial charge in [0, 0.05) is 19.0 Å². The molecule has 0 aromatic carbocycles. The molecule has 0 unspecified atom stereocenters. The minimum atomic E-state index is -0.351. The van der Waals surface area contributed by atoms with Crippen LogP contribution in [0.2, 0.25) is 0 Å². The van der Waals surface area contributed by atoms with Crippen molar-refractivity contribution in [1.29, 1.82) is 0 Å². The molecule has 16 heavy (non-hydrogen) atoms. The van der Waals surface area contributed by atoms with Gasteiger partial charge in [0.2, 0.25) is 5.91 Å². The first kappa shape index (κ1) is 11.0. The highest BCUT2D eigenvalue weighted by molar-refractivity contribution is 5.76. The average Bonchev–Trinajstić information content (AvgIpc) is 2.63. The monoisotopic (exact) mass is 222 g/mol. The Morgan fingerprint density at radius 3 is 2.62 bits per heavy atom. The number of nitrogen functional groups attached to an aromatic ring is 1. The number of fused-ring (bicyclic) bond motifs is 1. The van der Waals surface area contributed by atoms with E-state index in [1.165, 1.54) is 0 Å². The van der Waals surface area contributed by atoms with Crippen molar-refractivity contribution in [2.45, 2.75) is 46.3 Å². The molecule has 0 fully saturated rings. The van der Waals surface area contributed by atoms with Crippen molar-refractivity contribution in [1.82, 2.24) is 14.7 Å². The van der Waals surface area contributed by atoms with Gasteiger partial charge in [-0.15, -0.1) is 0 Å². The second-order valence-electron chi connectivity index (χ2n) is 4.69. The summed E-state index contributed by atoms with van der Waals surface area (Å²) in [7, 11) is 0. The first-order valence-corrected chi connectivity index (χ1v) is 5.53. The molecule has 5 heteroatoms. The van der Waals surface area contributed by atoms with Crippen molar-refractivity contribution in [2.24, 2.45) is 0 Å². The minimum Gasteiger partial charge on any atom is -0.384 e. The summed E-state index contributed by atoms with van der Waals surface area (Å²) < 4.78 is 1.80. The van der Waals surface area contributed by atoms with E-state index >= 15 is 0 Å². The third-order valence-electron chi connectivity index (χ3n) is 3.34. The van der Waals surface area contributed by atoms with Crippen molar-refractivity contribution in [3.05, 3.63) is 11.3 Å². The maximum absolute atomic E-state index is 11.5. The van der Waals surface area contributed by atoms with E-state index in [1.807, 2.05) is 20.8 Å². The number of amides is 1. The number of rotatable bonds is 1. The second kappa shape index (κ2) is 3.23. The molecule has 1 aliphatic heterocycles. The van der Waals surface area contributed by atoms with Crippen molar-refractivity contribution in [3.8, 4) is 0 Å². The van der Waals surface area contributed by atoms with Crippen LogP contribution in [0.15, 0.2) is 0 Å². The Bertz CT molecular complexity index is 447. The van der Waals surface area contributed by atoms with E-state index in [9.17, 15) is 4.79 Å². The van der Waals surface area contributed by atoms with Crippen molar-refractivity contribution in [2.75, 3.05) is 5.73 Å². The Kier molecular flexibility index (Phi) is 2.22. The first-order valence-electron chi connectivity index (χ1n) is 5.53. The molecule has 0 radical (unpaired) electrons. The zero-order valence-corrected chi connectivity index (χ0v) is 10.2. The van der Waals surface area contributed by atoms with Crippen LogP contribution >= 0.6 is 0 Å². The van der Waals surface area contributed by atoms with Crippen LogP contribution in [-0.2, 0) is 23.4 Å². The van der Waals surface area contributed by atoms with Crippen LogP contribution in [0.1, 0.15) is 39.0 Å². The molecule has 2 heterocycles. The Hall–Kier alpha value is -1.52. The van der Waals surface area contributed by atoms with Crippen LogP contribution in [0.25, 0.3) is 0 Å². The summed E-state index contributed by atoms with van der Waals surface area (Å²) in [5, 5.41) is 4.49. The van der Waals surface area contributed by atoms with Crippen LogP contribution in [-0.4, -0.2) is 20.6 Å². The van der Waals surface area contributed by atoms with E-state index in [0.717, 1.165) is 17.8 Å². The first-order chi connectivity index (χ1) is 7.39. The number of hydrogen-bond acceptors (Lipinski definition) is 3. The Labute approximate surface area is 95.2 Å². The number of carbonyl (C=O) groups excluding carboxylic acids is 1. The number of aryl methyl sites for hydroxylation is 1. The molecule has 0 atom stereocenters. The van der Waals surface area contributed by atoms with Gasteiger partial charge in [0.25, 0.3) is 0 Å². The standard InChI is InChI=1S/C11H18N4O/c1-5-15-10(12)8-6-14(7(2)16)11(3,4)9(8)13-15/h5-6,12H2,1-4H3. The normalized spacial score (nSPS) is 17.6. The highest BCUT2D eigenvalue weighted by Crippen LogP contribution is 2.40. The van der Waals surface area contributed by atoms with Crippen LogP contribution in [0.5, 0.6) is 0 Å². The zero-order chi connectivity index (χ0) is 12.1. The third-order valence-corrected chi connectivity index (χ3v) is 3.34. The maximum Gasteiger partial charge on any atom is 0.220 e. The summed E-state index contributed by atoms with van der Waals surface area (Å²) in [6, 6.07) is 0. The molecule has 0 spiro atoms. The molecule has 1 aromatic rings. The van der Waals surface area contributed by atoms with Gasteiger partial charge in [-0.2, -0.15) is 5.10 Å². The van der Waals surface area contributed by atoms with E-state index in [2.05, 4.69) is 5.10 Å². The van der Waals surface area contributed by atoms with E-state index in [1.54, 1.807) is 16.5 Å². The summed E-state index contributed by atoms with van der Waals surface area (Å²) in [6.45, 7) is 8.93. The molecule has 1 amide bonds. The van der Waals surface area contributed by atoms with E-state index in [-0.39, 0.29) is 11.4 Å². The zero-order valence-electron chi connectivity index (χ0n) is 10.2. The Morgan fingerprint density at radius 1 is 1.56 bits per heavy atom. The largest absolute Gasteiger partial charge is 0.384 e. The van der Waals surface area contributed by atoms with Gasteiger partial charge in [-0.1, -0.05) is 0 Å². The van der Waals surface area contributed by atoms with Gasteiger partial charge in [0.15, 0.2) is 0 Å². The molecule has 0 bridgehead atoms. The van der Waals surface area contributed by atoms with Gasteiger partial charge in [-0.05, 0) is 20.8 Å². The van der Waals surface area contributed by atoms with E-state index < -0.39 is 0 Å². The van der Waals surface area contributed by atoms with Gasteiger partial charge in [0.05, 0.1) is 17.8 Å². The molecule has 0 saturated carbocycles. The Balaban J connectivity index is 2.51. The van der Waals surface area contributed by atoms with E-state index in [0.29, 0.717) is 12.4 Å². The molecule has 1 aromatic heterocycles. The number of anilines is 1. The summed E-state index contributed by atoms with van der Waals surface area (Å²) >= 11 is 0. The van der Waals surface area contributed by atoms with Crippen molar-refractivity contribution < 1.29 is 4.79 Å². The van der Waals surface area contributed by atoms with Crippen LogP contribution in [0.3, 0.4) is 0 Å². The lowest BCUT2D eigenvalue weighted by Gasteiger charge is -2.30. The topological polar surface area (TPSA) is 64.2 Å². The fraction of sp³-hybridized carbons (Fsp3) is 0.636. The van der Waals surface area contributed by atoms with Gasteiger partial charge < -0.3 is 10.6 Å². The lowest BCUT2D eigenvalue weighted by molar-refractivity contribution is -0.134. The predicted molar refractivity (Wildman–Crippen MR) is 61.6 cm³/mol. The molecule has 0 saturated heterocycles. The van der Waals surface area contributed by atoms with Crippen molar-refractivity contribution >= 4 is 11.7 Å². The maximum atomic E-state index is 11.5. The molecule has 1 aliphatic rings. The molecule has 88 valence electrons. The highest BCUT2D eigenvalue weighted by atomic mass is 16.2. The fourth-order valence-electron chi connectivity index (χ4n) is 2.39. The lowest BCUT2D eigenvalue weighted by atomic mass is 10.0. The number of carbonyl (C=O) groups is 1. The number of aromatic nitrogens is 2. The number of nitrogens with zero attached hydrogens (tertiary/aromatic N) is 3. The number of hydrogen-bond donors (Lipinski definition) is 1. The molecule has 0 aliphatic carbocycles. The molecule has 2 N–H and O–H groups in total. The minimum absolute atomic E-state index is 0.0606. The van der Waals surface area contributed by atoms with Gasteiger partial charge >= 0.3 is 0 Å². The molecule has 2 rings (SSSR count). The molecular formula is C11H18N4O. The second-order valence-corrected chi connectivity index (χ2v) is 4.69. The number of nitrogens with two attached hydrogens (primary N) is 1. The predicted octanol–water partition coefficient (Wildman–Crippen LogP) is 1.08. The van der Waals surface area contributed by atoms with Crippen LogP contribution in [0, 0.1) is 0 Å². The summed E-state index contributed by atoms with van der Waals surface area (Å²) in [5.74, 6) is 0.750. The highest BCUT2D eigenvalue weighted by Gasteiger charge is 2.43. The summed E-state index contributed by atoms with van der Waals surface area (Å²) in [4.78, 5) is 13.4. The smallest absolute Gasteiger partial charge is 0.220 e. The van der Waals surface area contributed by atoms with Crippen LogP contribution < -0.4 is 5.73 Å². The van der Waals surface area contributed by atoms with Crippen LogP contribution in [0.4, 0.5) is 5.82 Å². The summed E-state index contributed by atoms with van der Waals surface area (Å²) in [5.41, 5.74) is 7.59. The lowest BCUT2D eigenvalue weighted by Crippen LogP contribution is -2.39. The Morgan fingerprint density at radius 2 is 2.19 bits per heavy atom. The van der Waals surface area contributed by atoms with Gasteiger partial charge in [-0.25, -0.2) is 4.68 Å². The quantitative estimate of drug-likeness (QED) is 0.773. The van der Waals surface area contributed by atoms with Crippen molar-refractivity contribution in [3.63, 3.8) is 0 Å². The van der Waals surface area contributed by atoms with E-state index in [4.69, 9.17) is 5.73 Å². The molecule has 5 nitrogen and oxygen atoms in total.